The number of pyridine rings is 1. The van der Waals surface area contributed by atoms with Gasteiger partial charge in [0, 0.05) is 11.9 Å². The lowest BCUT2D eigenvalue weighted by Crippen LogP contribution is -1.97. The molecule has 0 fully saturated rings. The highest BCUT2D eigenvalue weighted by atomic mass is 35.5. The third-order valence-electron chi connectivity index (χ3n) is 3.00. The van der Waals surface area contributed by atoms with Gasteiger partial charge in [0.25, 0.3) is 0 Å². The molecule has 0 amide bonds. The molecule has 98 valence electrons. The minimum Gasteiger partial charge on any atom is -0.392 e. The van der Waals surface area contributed by atoms with E-state index in [9.17, 15) is 0 Å². The number of aliphatic hydroxyl groups excluding tert-OH is 1. The van der Waals surface area contributed by atoms with Gasteiger partial charge in [0.15, 0.2) is 0 Å². The maximum Gasteiger partial charge on any atom is 0.111 e. The summed E-state index contributed by atoms with van der Waals surface area (Å²) in [5.41, 5.74) is 3.88. The predicted molar refractivity (Wildman–Crippen MR) is 76.8 cm³/mol. The standard InChI is InChI=1S/C14H13N3O.ClH/c1-10-16-13-8-15-7-6-14(13)17(10)12-4-2-11(9-18)3-5-12;/h2-8,18H,9H2,1H3;1H. The van der Waals surface area contributed by atoms with Crippen molar-refractivity contribution in [1.29, 1.82) is 0 Å². The molecule has 0 saturated carbocycles. The number of aliphatic hydroxyl groups is 1. The molecule has 4 nitrogen and oxygen atoms in total. The number of hydrogen-bond acceptors (Lipinski definition) is 3. The fourth-order valence-corrected chi connectivity index (χ4v) is 2.13. The third kappa shape index (κ3) is 2.32. The third-order valence-corrected chi connectivity index (χ3v) is 3.00. The molecule has 5 heteroatoms. The molecule has 0 saturated heterocycles. The van der Waals surface area contributed by atoms with Crippen LogP contribution in [0.5, 0.6) is 0 Å². The Hall–Kier alpha value is -1.91. The monoisotopic (exact) mass is 275 g/mol. The Bertz CT molecular complexity index is 691. The fraction of sp³-hybridized carbons (Fsp3) is 0.143. The zero-order valence-electron chi connectivity index (χ0n) is 10.4. The van der Waals surface area contributed by atoms with Gasteiger partial charge in [-0.05, 0) is 30.7 Å². The average molecular weight is 276 g/mol. The van der Waals surface area contributed by atoms with Gasteiger partial charge in [-0.15, -0.1) is 12.4 Å². The number of nitrogens with zero attached hydrogens (tertiary/aromatic N) is 3. The van der Waals surface area contributed by atoms with Crippen molar-refractivity contribution in [2.45, 2.75) is 13.5 Å². The summed E-state index contributed by atoms with van der Waals surface area (Å²) in [4.78, 5) is 8.56. The van der Waals surface area contributed by atoms with E-state index in [1.165, 1.54) is 0 Å². The lowest BCUT2D eigenvalue weighted by molar-refractivity contribution is 0.282. The van der Waals surface area contributed by atoms with Gasteiger partial charge in [-0.3, -0.25) is 9.55 Å². The van der Waals surface area contributed by atoms with Crippen LogP contribution in [0.4, 0.5) is 0 Å². The molecule has 0 aliphatic rings. The molecular weight excluding hydrogens is 262 g/mol. The van der Waals surface area contributed by atoms with Crippen molar-refractivity contribution in [3.8, 4) is 5.69 Å². The molecule has 0 spiro atoms. The molecule has 1 aromatic carbocycles. The maximum atomic E-state index is 9.06. The van der Waals surface area contributed by atoms with E-state index in [-0.39, 0.29) is 19.0 Å². The minimum absolute atomic E-state index is 0. The number of imidazole rings is 1. The van der Waals surface area contributed by atoms with Gasteiger partial charge < -0.3 is 5.11 Å². The smallest absolute Gasteiger partial charge is 0.111 e. The summed E-state index contributed by atoms with van der Waals surface area (Å²) in [5, 5.41) is 9.06. The maximum absolute atomic E-state index is 9.06. The summed E-state index contributed by atoms with van der Waals surface area (Å²) in [6.45, 7) is 2.04. The first-order valence-corrected chi connectivity index (χ1v) is 5.79. The summed E-state index contributed by atoms with van der Waals surface area (Å²) < 4.78 is 2.08. The fourth-order valence-electron chi connectivity index (χ4n) is 2.13. The summed E-state index contributed by atoms with van der Waals surface area (Å²) in [6, 6.07) is 9.76. The Morgan fingerprint density at radius 3 is 2.58 bits per heavy atom. The van der Waals surface area contributed by atoms with E-state index in [1.807, 2.05) is 37.3 Å². The van der Waals surface area contributed by atoms with Crippen LogP contribution in [0, 0.1) is 6.92 Å². The van der Waals surface area contributed by atoms with Crippen LogP contribution >= 0.6 is 12.4 Å². The average Bonchev–Trinajstić information content (AvgIpc) is 2.75. The lowest BCUT2D eigenvalue weighted by Gasteiger charge is -2.07. The van der Waals surface area contributed by atoms with E-state index in [1.54, 1.807) is 12.4 Å². The van der Waals surface area contributed by atoms with Crippen molar-refractivity contribution >= 4 is 23.4 Å². The molecular formula is C14H14ClN3O. The zero-order chi connectivity index (χ0) is 12.5. The molecule has 2 aromatic heterocycles. The quantitative estimate of drug-likeness (QED) is 0.782. The SMILES string of the molecule is Cc1nc2cnccc2n1-c1ccc(CO)cc1.Cl. The molecule has 3 aromatic rings. The minimum atomic E-state index is 0. The van der Waals surface area contributed by atoms with Crippen LogP contribution in [-0.2, 0) is 6.61 Å². The van der Waals surface area contributed by atoms with E-state index in [0.29, 0.717) is 0 Å². The first kappa shape index (κ1) is 13.5. The summed E-state index contributed by atoms with van der Waals surface area (Å²) in [7, 11) is 0. The van der Waals surface area contributed by atoms with Crippen LogP contribution in [0.1, 0.15) is 11.4 Å². The largest absolute Gasteiger partial charge is 0.392 e. The number of aryl methyl sites for hydroxylation is 1. The Labute approximate surface area is 117 Å². The molecule has 0 aliphatic heterocycles. The van der Waals surface area contributed by atoms with Crippen LogP contribution < -0.4 is 0 Å². The van der Waals surface area contributed by atoms with Gasteiger partial charge in [0.2, 0.25) is 0 Å². The molecule has 1 N–H and O–H groups in total. The summed E-state index contributed by atoms with van der Waals surface area (Å²) >= 11 is 0. The van der Waals surface area contributed by atoms with Crippen LogP contribution in [-0.4, -0.2) is 19.6 Å². The molecule has 0 atom stereocenters. The molecule has 0 bridgehead atoms. The van der Waals surface area contributed by atoms with Gasteiger partial charge in [0.1, 0.15) is 11.3 Å². The second-order valence-corrected chi connectivity index (χ2v) is 4.18. The Kier molecular flexibility index (Phi) is 3.83. The number of rotatable bonds is 2. The van der Waals surface area contributed by atoms with E-state index in [0.717, 1.165) is 28.1 Å². The number of benzene rings is 1. The van der Waals surface area contributed by atoms with Crippen LogP contribution in [0.3, 0.4) is 0 Å². The van der Waals surface area contributed by atoms with Gasteiger partial charge >= 0.3 is 0 Å². The van der Waals surface area contributed by atoms with E-state index in [4.69, 9.17) is 5.11 Å². The molecule has 0 radical (unpaired) electrons. The summed E-state index contributed by atoms with van der Waals surface area (Å²) in [5.74, 6) is 0.926. The highest BCUT2D eigenvalue weighted by Crippen LogP contribution is 2.20. The molecule has 0 unspecified atom stereocenters. The van der Waals surface area contributed by atoms with Gasteiger partial charge in [-0.25, -0.2) is 4.98 Å². The van der Waals surface area contributed by atoms with Crippen molar-refractivity contribution < 1.29 is 5.11 Å². The molecule has 2 heterocycles. The van der Waals surface area contributed by atoms with Gasteiger partial charge in [0.05, 0.1) is 18.3 Å². The lowest BCUT2D eigenvalue weighted by atomic mass is 10.2. The number of fused-ring (bicyclic) bond motifs is 1. The van der Waals surface area contributed by atoms with E-state index < -0.39 is 0 Å². The van der Waals surface area contributed by atoms with Crippen molar-refractivity contribution in [2.24, 2.45) is 0 Å². The number of aromatic nitrogens is 3. The highest BCUT2D eigenvalue weighted by molar-refractivity contribution is 5.85. The predicted octanol–water partition coefficient (Wildman–Crippen LogP) is 2.64. The van der Waals surface area contributed by atoms with Crippen molar-refractivity contribution in [1.82, 2.24) is 14.5 Å². The topological polar surface area (TPSA) is 50.9 Å². The normalized spacial score (nSPS) is 10.4. The van der Waals surface area contributed by atoms with Crippen LogP contribution in [0.2, 0.25) is 0 Å². The Morgan fingerprint density at radius 2 is 1.89 bits per heavy atom. The van der Waals surface area contributed by atoms with Crippen molar-refractivity contribution in [2.75, 3.05) is 0 Å². The van der Waals surface area contributed by atoms with Gasteiger partial charge in [-0.2, -0.15) is 0 Å². The van der Waals surface area contributed by atoms with Crippen LogP contribution in [0.15, 0.2) is 42.7 Å². The molecule has 19 heavy (non-hydrogen) atoms. The Morgan fingerprint density at radius 1 is 1.16 bits per heavy atom. The Balaban J connectivity index is 0.00000133. The highest BCUT2D eigenvalue weighted by Gasteiger charge is 2.08. The molecule has 3 rings (SSSR count). The van der Waals surface area contributed by atoms with E-state index in [2.05, 4.69) is 14.5 Å². The second-order valence-electron chi connectivity index (χ2n) is 4.18. The van der Waals surface area contributed by atoms with Crippen molar-refractivity contribution in [3.63, 3.8) is 0 Å². The van der Waals surface area contributed by atoms with Crippen LogP contribution in [0.25, 0.3) is 16.7 Å². The number of halogens is 1. The first-order chi connectivity index (χ1) is 8.79. The first-order valence-electron chi connectivity index (χ1n) is 5.79. The van der Waals surface area contributed by atoms with Gasteiger partial charge in [-0.1, -0.05) is 12.1 Å². The summed E-state index contributed by atoms with van der Waals surface area (Å²) in [6.07, 6.45) is 3.53. The van der Waals surface area contributed by atoms with E-state index >= 15 is 0 Å². The molecule has 0 aliphatic carbocycles. The second kappa shape index (κ2) is 5.38. The zero-order valence-corrected chi connectivity index (χ0v) is 11.3. The van der Waals surface area contributed by atoms with Crippen molar-refractivity contribution in [3.05, 3.63) is 54.1 Å². The number of hydrogen-bond donors (Lipinski definition) is 1.